The Hall–Kier alpha value is -4.14. The normalized spacial score (nSPS) is 11.1. The molecule has 0 bridgehead atoms. The van der Waals surface area contributed by atoms with Crippen LogP contribution in [0.3, 0.4) is 0 Å². The monoisotopic (exact) mass is 392 g/mol. The first kappa shape index (κ1) is 18.2. The molecule has 9 heteroatoms. The summed E-state index contributed by atoms with van der Waals surface area (Å²) in [6, 6.07) is 12.3. The number of aryl methyl sites for hydroxylation is 1. The van der Waals surface area contributed by atoms with Crippen molar-refractivity contribution >= 4 is 16.6 Å². The highest BCUT2D eigenvalue weighted by molar-refractivity contribution is 5.95. The second-order valence-corrected chi connectivity index (χ2v) is 6.64. The van der Waals surface area contributed by atoms with Crippen molar-refractivity contribution in [1.82, 2.24) is 13.7 Å². The van der Waals surface area contributed by atoms with Crippen molar-refractivity contribution in [3.8, 4) is 22.7 Å². The Bertz CT molecular complexity index is 1390. The number of phenolic OH excluding ortho intramolecular Hbond substituents is 1. The van der Waals surface area contributed by atoms with Crippen molar-refractivity contribution in [2.45, 2.75) is 0 Å². The highest BCUT2D eigenvalue weighted by atomic mass is 16.6. The smallest absolute Gasteiger partial charge is 0.330 e. The molecule has 146 valence electrons. The van der Waals surface area contributed by atoms with Crippen molar-refractivity contribution in [3.05, 3.63) is 85.7 Å². The number of non-ortho nitro benzene ring substituents is 1. The fraction of sp³-hybridized carbons (Fsp3) is 0.100. The molecule has 0 fully saturated rings. The Morgan fingerprint density at radius 3 is 2.34 bits per heavy atom. The molecule has 1 N–H and O–H groups in total. The van der Waals surface area contributed by atoms with Crippen LogP contribution in [0.4, 0.5) is 5.69 Å². The lowest BCUT2D eigenvalue weighted by atomic mass is 10.1. The summed E-state index contributed by atoms with van der Waals surface area (Å²) in [4.78, 5) is 36.1. The Balaban J connectivity index is 2.18. The first-order valence-corrected chi connectivity index (χ1v) is 8.65. The van der Waals surface area contributed by atoms with Gasteiger partial charge in [-0.1, -0.05) is 12.1 Å². The van der Waals surface area contributed by atoms with Crippen molar-refractivity contribution in [2.24, 2.45) is 14.1 Å². The molecule has 2 aromatic heterocycles. The maximum absolute atomic E-state index is 13.0. The second kappa shape index (κ2) is 6.48. The lowest BCUT2D eigenvalue weighted by Gasteiger charge is -2.10. The van der Waals surface area contributed by atoms with E-state index in [0.29, 0.717) is 22.5 Å². The molecule has 0 aliphatic carbocycles. The fourth-order valence-electron chi connectivity index (χ4n) is 3.41. The van der Waals surface area contributed by atoms with Crippen LogP contribution in [-0.4, -0.2) is 23.7 Å². The van der Waals surface area contributed by atoms with E-state index >= 15 is 0 Å². The van der Waals surface area contributed by atoms with Gasteiger partial charge in [-0.2, -0.15) is 0 Å². The minimum atomic E-state index is -0.507. The summed E-state index contributed by atoms with van der Waals surface area (Å²) in [6.07, 6.45) is 1.64. The van der Waals surface area contributed by atoms with Crippen molar-refractivity contribution in [2.75, 3.05) is 0 Å². The van der Waals surface area contributed by atoms with E-state index in [-0.39, 0.29) is 16.8 Å². The molecule has 2 heterocycles. The van der Waals surface area contributed by atoms with E-state index < -0.39 is 16.2 Å². The van der Waals surface area contributed by atoms with Gasteiger partial charge in [0.1, 0.15) is 5.75 Å². The van der Waals surface area contributed by atoms with E-state index in [2.05, 4.69) is 0 Å². The van der Waals surface area contributed by atoms with Crippen LogP contribution < -0.4 is 11.2 Å². The van der Waals surface area contributed by atoms with Crippen LogP contribution in [0, 0.1) is 10.1 Å². The summed E-state index contributed by atoms with van der Waals surface area (Å²) in [5.41, 5.74) is 0.806. The zero-order valence-corrected chi connectivity index (χ0v) is 15.6. The third-order valence-electron chi connectivity index (χ3n) is 4.90. The predicted molar refractivity (Wildman–Crippen MR) is 108 cm³/mol. The molecule has 0 atom stereocenters. The number of rotatable bonds is 3. The van der Waals surface area contributed by atoms with Gasteiger partial charge in [-0.05, 0) is 24.3 Å². The van der Waals surface area contributed by atoms with Gasteiger partial charge < -0.3 is 9.67 Å². The number of nitrogens with zero attached hydrogens (tertiary/aromatic N) is 4. The SMILES string of the molecule is Cn1c(=O)c2c(-c3cccc([N+](=O)[O-])c3)n(-c3ccc(O)cc3)cc2n(C)c1=O. The maximum atomic E-state index is 13.0. The molecule has 0 spiro atoms. The van der Waals surface area contributed by atoms with Crippen molar-refractivity contribution in [3.63, 3.8) is 0 Å². The number of phenols is 1. The van der Waals surface area contributed by atoms with E-state index in [0.717, 1.165) is 4.57 Å². The Kier molecular flexibility index (Phi) is 4.08. The first-order valence-electron chi connectivity index (χ1n) is 8.65. The van der Waals surface area contributed by atoms with Crippen LogP contribution in [0.25, 0.3) is 27.8 Å². The Morgan fingerprint density at radius 1 is 1.00 bits per heavy atom. The summed E-state index contributed by atoms with van der Waals surface area (Å²) in [6.45, 7) is 0. The number of aromatic nitrogens is 3. The molecular formula is C20H16N4O5. The van der Waals surface area contributed by atoms with Gasteiger partial charge in [0.05, 0.1) is 21.5 Å². The first-order chi connectivity index (χ1) is 13.8. The minimum absolute atomic E-state index is 0.0747. The van der Waals surface area contributed by atoms with E-state index in [9.17, 15) is 24.8 Å². The number of hydrogen-bond donors (Lipinski definition) is 1. The number of fused-ring (bicyclic) bond motifs is 1. The van der Waals surface area contributed by atoms with Crippen LogP contribution in [-0.2, 0) is 14.1 Å². The Labute approximate surface area is 163 Å². The van der Waals surface area contributed by atoms with E-state index in [1.165, 1.54) is 35.9 Å². The van der Waals surface area contributed by atoms with Crippen LogP contribution >= 0.6 is 0 Å². The molecule has 29 heavy (non-hydrogen) atoms. The number of benzene rings is 2. The number of nitro groups is 1. The lowest BCUT2D eigenvalue weighted by molar-refractivity contribution is -0.384. The van der Waals surface area contributed by atoms with Crippen molar-refractivity contribution in [1.29, 1.82) is 0 Å². The molecule has 4 aromatic rings. The van der Waals surface area contributed by atoms with Crippen LogP contribution in [0.1, 0.15) is 0 Å². The zero-order chi connectivity index (χ0) is 20.9. The third-order valence-corrected chi connectivity index (χ3v) is 4.90. The van der Waals surface area contributed by atoms with Gasteiger partial charge in [-0.25, -0.2) is 4.79 Å². The van der Waals surface area contributed by atoms with E-state index in [4.69, 9.17) is 0 Å². The van der Waals surface area contributed by atoms with E-state index in [1.54, 1.807) is 42.1 Å². The van der Waals surface area contributed by atoms with Gasteiger partial charge in [0.25, 0.3) is 11.2 Å². The molecule has 4 rings (SSSR count). The highest BCUT2D eigenvalue weighted by Crippen LogP contribution is 2.33. The molecule has 0 saturated carbocycles. The highest BCUT2D eigenvalue weighted by Gasteiger charge is 2.21. The number of aromatic hydroxyl groups is 1. The number of nitro benzene ring substituents is 1. The van der Waals surface area contributed by atoms with Crippen LogP contribution in [0.5, 0.6) is 5.75 Å². The molecule has 0 aliphatic rings. The number of hydrogen-bond acceptors (Lipinski definition) is 5. The van der Waals surface area contributed by atoms with Crippen LogP contribution in [0.2, 0.25) is 0 Å². The third kappa shape index (κ3) is 2.80. The van der Waals surface area contributed by atoms with Crippen molar-refractivity contribution < 1.29 is 10.0 Å². The summed E-state index contributed by atoms with van der Waals surface area (Å²) in [7, 11) is 2.95. The largest absolute Gasteiger partial charge is 0.508 e. The van der Waals surface area contributed by atoms with Gasteiger partial charge in [0.2, 0.25) is 0 Å². The van der Waals surface area contributed by atoms with Gasteiger partial charge in [0.15, 0.2) is 0 Å². The molecule has 0 saturated heterocycles. The predicted octanol–water partition coefficient (Wildman–Crippen LogP) is 2.31. The molecule has 0 aliphatic heterocycles. The molecule has 0 radical (unpaired) electrons. The molecule has 9 nitrogen and oxygen atoms in total. The summed E-state index contributed by atoms with van der Waals surface area (Å²) < 4.78 is 4.04. The van der Waals surface area contributed by atoms with Crippen LogP contribution in [0.15, 0.2) is 64.3 Å². The fourth-order valence-corrected chi connectivity index (χ4v) is 3.41. The molecule has 0 amide bonds. The zero-order valence-electron chi connectivity index (χ0n) is 15.6. The molecule has 0 unspecified atom stereocenters. The molecular weight excluding hydrogens is 376 g/mol. The quantitative estimate of drug-likeness (QED) is 0.425. The standard InChI is InChI=1S/C20H16N4O5/c1-21-16-11-23(13-6-8-15(25)9-7-13)18(17(16)19(26)22(2)20(21)27)12-4-3-5-14(10-12)24(28)29/h3-11,25H,1-2H3. The van der Waals surface area contributed by atoms with E-state index in [1.807, 2.05) is 0 Å². The summed E-state index contributed by atoms with van der Waals surface area (Å²) >= 11 is 0. The average Bonchev–Trinajstić information content (AvgIpc) is 3.12. The maximum Gasteiger partial charge on any atom is 0.330 e. The summed E-state index contributed by atoms with van der Waals surface area (Å²) in [5.74, 6) is 0.0747. The van der Waals surface area contributed by atoms with Gasteiger partial charge in [0, 0.05) is 43.7 Å². The topological polar surface area (TPSA) is 112 Å². The van der Waals surface area contributed by atoms with Gasteiger partial charge >= 0.3 is 5.69 Å². The Morgan fingerprint density at radius 2 is 1.69 bits per heavy atom. The minimum Gasteiger partial charge on any atom is -0.508 e. The second-order valence-electron chi connectivity index (χ2n) is 6.64. The summed E-state index contributed by atoms with van der Waals surface area (Å²) in [5, 5.41) is 21.1. The average molecular weight is 392 g/mol. The molecule has 2 aromatic carbocycles. The van der Waals surface area contributed by atoms with Gasteiger partial charge in [-0.3, -0.25) is 24.0 Å². The van der Waals surface area contributed by atoms with Gasteiger partial charge in [-0.15, -0.1) is 0 Å². The lowest BCUT2D eigenvalue weighted by Crippen LogP contribution is -2.36.